The van der Waals surface area contributed by atoms with E-state index in [-0.39, 0.29) is 24.0 Å². The van der Waals surface area contributed by atoms with E-state index in [0.29, 0.717) is 31.8 Å². The second-order valence-corrected chi connectivity index (χ2v) is 12.8. The lowest BCUT2D eigenvalue weighted by atomic mass is 9.67. The zero-order chi connectivity index (χ0) is 28.8. The first-order valence-electron chi connectivity index (χ1n) is 16.1. The van der Waals surface area contributed by atoms with Crippen LogP contribution >= 0.6 is 0 Å². The Bertz CT molecular complexity index is 789. The van der Waals surface area contributed by atoms with Crippen molar-refractivity contribution in [3.05, 3.63) is 24.0 Å². The molecule has 1 aliphatic carbocycles. The minimum absolute atomic E-state index is 0.00483. The molecule has 0 amide bonds. The summed E-state index contributed by atoms with van der Waals surface area (Å²) < 4.78 is 23.9. The van der Waals surface area contributed by atoms with Crippen LogP contribution in [0.2, 0.25) is 0 Å². The average molecular weight is 565 g/mol. The first-order chi connectivity index (χ1) is 19.3. The zero-order valence-electron chi connectivity index (χ0n) is 25.4. The molecule has 7 heteroatoms. The normalized spacial score (nSPS) is 25.6. The van der Waals surface area contributed by atoms with Gasteiger partial charge in [0.1, 0.15) is 5.76 Å². The van der Waals surface area contributed by atoms with Gasteiger partial charge in [0.15, 0.2) is 18.0 Å². The Morgan fingerprint density at radius 2 is 1.62 bits per heavy atom. The van der Waals surface area contributed by atoms with Gasteiger partial charge < -0.3 is 29.2 Å². The SMILES string of the molecule is CCCCC(C)(C)CC=C(OC1CCCCO1)[C@@](C(=O)O)(C1CCCC1)[C@H](O)CC=CCCOC1CCCCO1. The van der Waals surface area contributed by atoms with Crippen molar-refractivity contribution in [2.45, 2.75) is 142 Å². The first kappa shape index (κ1) is 33.1. The molecule has 1 saturated carbocycles. The van der Waals surface area contributed by atoms with Crippen LogP contribution in [0.5, 0.6) is 0 Å². The lowest BCUT2D eigenvalue weighted by molar-refractivity contribution is -0.182. The first-order valence-corrected chi connectivity index (χ1v) is 16.1. The summed E-state index contributed by atoms with van der Waals surface area (Å²) in [5, 5.41) is 22.7. The molecule has 7 nitrogen and oxygen atoms in total. The largest absolute Gasteiger partial charge is 0.480 e. The van der Waals surface area contributed by atoms with Gasteiger partial charge in [0, 0.05) is 13.0 Å². The number of carboxylic acid groups (broad SMARTS) is 1. The van der Waals surface area contributed by atoms with Gasteiger partial charge in [0.25, 0.3) is 0 Å². The molecule has 0 aromatic heterocycles. The maximum Gasteiger partial charge on any atom is 0.320 e. The second-order valence-electron chi connectivity index (χ2n) is 12.8. The van der Waals surface area contributed by atoms with Crippen LogP contribution in [0, 0.1) is 16.7 Å². The summed E-state index contributed by atoms with van der Waals surface area (Å²) in [5.41, 5.74) is -1.50. The van der Waals surface area contributed by atoms with Crippen LogP contribution in [0.4, 0.5) is 0 Å². The lowest BCUT2D eigenvalue weighted by Gasteiger charge is -2.42. The molecule has 230 valence electrons. The van der Waals surface area contributed by atoms with Gasteiger partial charge in [0.05, 0.1) is 19.3 Å². The maximum absolute atomic E-state index is 13.4. The third-order valence-electron chi connectivity index (χ3n) is 8.98. The van der Waals surface area contributed by atoms with Crippen LogP contribution in [0.15, 0.2) is 24.0 Å². The summed E-state index contributed by atoms with van der Waals surface area (Å²) in [6.07, 6.45) is 18.4. The minimum atomic E-state index is -1.51. The summed E-state index contributed by atoms with van der Waals surface area (Å²) in [5.74, 6) is -0.776. The molecule has 2 saturated heterocycles. The molecular formula is C33H56O7. The highest BCUT2D eigenvalue weighted by Crippen LogP contribution is 2.50. The molecule has 0 radical (unpaired) electrons. The van der Waals surface area contributed by atoms with Gasteiger partial charge in [-0.15, -0.1) is 0 Å². The smallest absolute Gasteiger partial charge is 0.320 e. The van der Waals surface area contributed by atoms with E-state index in [9.17, 15) is 15.0 Å². The molecule has 3 aliphatic rings. The number of unbranched alkanes of at least 4 members (excludes halogenated alkanes) is 1. The van der Waals surface area contributed by atoms with E-state index in [2.05, 4.69) is 20.8 Å². The Balaban J connectivity index is 1.81. The number of rotatable bonds is 17. The molecule has 3 rings (SSSR count). The molecule has 0 aromatic rings. The Morgan fingerprint density at radius 3 is 2.23 bits per heavy atom. The van der Waals surface area contributed by atoms with Crippen molar-refractivity contribution in [1.29, 1.82) is 0 Å². The number of hydrogen-bond donors (Lipinski definition) is 2. The molecule has 2 unspecified atom stereocenters. The fraction of sp³-hybridized carbons (Fsp3) is 0.848. The topological polar surface area (TPSA) is 94.5 Å². The van der Waals surface area contributed by atoms with Crippen molar-refractivity contribution in [1.82, 2.24) is 0 Å². The number of aliphatic hydroxyl groups is 1. The molecule has 2 aliphatic heterocycles. The minimum Gasteiger partial charge on any atom is -0.480 e. The molecule has 0 spiro atoms. The summed E-state index contributed by atoms with van der Waals surface area (Å²) in [4.78, 5) is 13.4. The van der Waals surface area contributed by atoms with Crippen LogP contribution < -0.4 is 0 Å². The van der Waals surface area contributed by atoms with Gasteiger partial charge in [-0.2, -0.15) is 0 Å². The number of aliphatic hydroxyl groups excluding tert-OH is 1. The van der Waals surface area contributed by atoms with Crippen molar-refractivity contribution in [3.63, 3.8) is 0 Å². The quantitative estimate of drug-likeness (QED) is 0.107. The van der Waals surface area contributed by atoms with Gasteiger partial charge in [0.2, 0.25) is 0 Å². The summed E-state index contributed by atoms with van der Waals surface area (Å²) in [7, 11) is 0. The van der Waals surface area contributed by atoms with E-state index in [4.69, 9.17) is 18.9 Å². The fourth-order valence-electron chi connectivity index (χ4n) is 6.47. The summed E-state index contributed by atoms with van der Waals surface area (Å²) >= 11 is 0. The van der Waals surface area contributed by atoms with E-state index < -0.39 is 23.8 Å². The van der Waals surface area contributed by atoms with Gasteiger partial charge >= 0.3 is 5.97 Å². The predicted molar refractivity (Wildman–Crippen MR) is 157 cm³/mol. The van der Waals surface area contributed by atoms with Crippen molar-refractivity contribution >= 4 is 5.97 Å². The zero-order valence-corrected chi connectivity index (χ0v) is 25.4. The second kappa shape index (κ2) is 16.9. The van der Waals surface area contributed by atoms with Crippen LogP contribution in [0.3, 0.4) is 0 Å². The van der Waals surface area contributed by atoms with E-state index in [1.54, 1.807) is 0 Å². The van der Waals surface area contributed by atoms with Gasteiger partial charge in [-0.25, -0.2) is 0 Å². The Hall–Kier alpha value is -1.41. The fourth-order valence-corrected chi connectivity index (χ4v) is 6.47. The third-order valence-corrected chi connectivity index (χ3v) is 8.98. The predicted octanol–water partition coefficient (Wildman–Crippen LogP) is 7.52. The van der Waals surface area contributed by atoms with Crippen molar-refractivity contribution < 1.29 is 34.0 Å². The van der Waals surface area contributed by atoms with Crippen molar-refractivity contribution in [2.24, 2.45) is 16.7 Å². The lowest BCUT2D eigenvalue weighted by Crippen LogP contribution is -2.50. The van der Waals surface area contributed by atoms with Gasteiger partial charge in [-0.05, 0) is 88.0 Å². The Labute approximate surface area is 242 Å². The van der Waals surface area contributed by atoms with E-state index in [1.165, 1.54) is 0 Å². The number of carbonyl (C=O) groups is 1. The van der Waals surface area contributed by atoms with E-state index >= 15 is 0 Å². The van der Waals surface area contributed by atoms with Crippen molar-refractivity contribution in [3.8, 4) is 0 Å². The van der Waals surface area contributed by atoms with Crippen LogP contribution in [-0.4, -0.2) is 54.7 Å². The van der Waals surface area contributed by atoms with Crippen LogP contribution in [0.1, 0.15) is 124 Å². The average Bonchev–Trinajstić information content (AvgIpc) is 3.49. The highest BCUT2D eigenvalue weighted by atomic mass is 16.7. The highest BCUT2D eigenvalue weighted by molar-refractivity contribution is 5.79. The molecule has 3 fully saturated rings. The van der Waals surface area contributed by atoms with Gasteiger partial charge in [-0.3, -0.25) is 4.79 Å². The summed E-state index contributed by atoms with van der Waals surface area (Å²) in [6.45, 7) is 8.56. The Kier molecular flexibility index (Phi) is 14.0. The van der Waals surface area contributed by atoms with Crippen molar-refractivity contribution in [2.75, 3.05) is 19.8 Å². The number of carboxylic acids is 1. The standard InChI is InChI=1S/C33H56O7/c1-4-5-21-32(2,3)22-20-28(40-30-19-11-14-25-39-30)33(31(35)36,26-15-8-9-16-26)27(34)17-7-6-12-23-37-29-18-10-13-24-38-29/h6-7,20,26-27,29-30,34H,4-5,8-19,21-25H2,1-3H3,(H,35,36)/t27-,29?,30?,33-/m1/s1. The van der Waals surface area contributed by atoms with Gasteiger partial charge in [-0.1, -0.05) is 58.6 Å². The Morgan fingerprint density at radius 1 is 0.975 bits per heavy atom. The number of hydrogen-bond acceptors (Lipinski definition) is 6. The maximum atomic E-state index is 13.4. The molecule has 2 heterocycles. The number of aliphatic carboxylic acids is 1. The number of allylic oxidation sites excluding steroid dienone is 1. The monoisotopic (exact) mass is 564 g/mol. The van der Waals surface area contributed by atoms with E-state index in [1.807, 2.05) is 18.2 Å². The molecular weight excluding hydrogens is 508 g/mol. The third kappa shape index (κ3) is 9.57. The molecule has 0 bridgehead atoms. The number of ether oxygens (including phenoxy) is 4. The molecule has 2 N–H and O–H groups in total. The van der Waals surface area contributed by atoms with Crippen LogP contribution in [0.25, 0.3) is 0 Å². The molecule has 4 atom stereocenters. The molecule has 0 aromatic carbocycles. The molecule has 40 heavy (non-hydrogen) atoms. The highest BCUT2D eigenvalue weighted by Gasteiger charge is 2.56. The van der Waals surface area contributed by atoms with E-state index in [0.717, 1.165) is 90.1 Å². The summed E-state index contributed by atoms with van der Waals surface area (Å²) in [6, 6.07) is 0. The van der Waals surface area contributed by atoms with Crippen LogP contribution in [-0.2, 0) is 23.7 Å².